The molecule has 2 nitrogen and oxygen atoms in total. The molecule has 0 saturated heterocycles. The van der Waals surface area contributed by atoms with Gasteiger partial charge < -0.3 is 4.74 Å². The minimum absolute atomic E-state index is 0.0214. The highest BCUT2D eigenvalue weighted by Crippen LogP contribution is 2.34. The lowest BCUT2D eigenvalue weighted by molar-refractivity contribution is -0.143. The highest BCUT2D eigenvalue weighted by atomic mass is 16.5. The molecule has 142 valence electrons. The zero-order valence-electron chi connectivity index (χ0n) is 16.3. The van der Waals surface area contributed by atoms with Gasteiger partial charge in [-0.25, -0.2) is 0 Å². The molecule has 0 aromatic heterocycles. The molecule has 0 unspecified atom stereocenters. The van der Waals surface area contributed by atoms with E-state index in [0.29, 0.717) is 13.0 Å². The first-order valence-corrected chi connectivity index (χ1v) is 11.0. The van der Waals surface area contributed by atoms with Gasteiger partial charge in [-0.1, -0.05) is 103 Å². The molecule has 1 rings (SSSR count). The molecule has 1 aliphatic carbocycles. The van der Waals surface area contributed by atoms with E-state index in [9.17, 15) is 4.79 Å². The minimum Gasteiger partial charge on any atom is -0.466 e. The van der Waals surface area contributed by atoms with Crippen LogP contribution >= 0.6 is 0 Å². The van der Waals surface area contributed by atoms with Crippen LogP contribution in [0, 0.1) is 5.92 Å². The van der Waals surface area contributed by atoms with Gasteiger partial charge in [-0.05, 0) is 18.8 Å². The first-order chi connectivity index (χ1) is 11.8. The summed E-state index contributed by atoms with van der Waals surface area (Å²) in [6.45, 7) is 2.90. The maximum absolute atomic E-state index is 11.6. The van der Waals surface area contributed by atoms with Crippen molar-refractivity contribution in [3.8, 4) is 0 Å². The van der Waals surface area contributed by atoms with Crippen LogP contribution < -0.4 is 0 Å². The van der Waals surface area contributed by atoms with Gasteiger partial charge in [0.05, 0.1) is 6.61 Å². The Bertz CT molecular complexity index is 284. The smallest absolute Gasteiger partial charge is 0.305 e. The van der Waals surface area contributed by atoms with Crippen LogP contribution in [-0.2, 0) is 9.53 Å². The van der Waals surface area contributed by atoms with Crippen molar-refractivity contribution in [2.24, 2.45) is 5.92 Å². The van der Waals surface area contributed by atoms with Crippen LogP contribution in [0.5, 0.6) is 0 Å². The van der Waals surface area contributed by atoms with Crippen LogP contribution in [-0.4, -0.2) is 12.6 Å². The van der Waals surface area contributed by atoms with E-state index in [1.54, 1.807) is 0 Å². The molecule has 1 aliphatic rings. The molecule has 0 aromatic carbocycles. The molecule has 0 atom stereocenters. The Hall–Kier alpha value is -0.530. The molecule has 1 saturated carbocycles. The first-order valence-electron chi connectivity index (χ1n) is 11.0. The second-order valence-electron chi connectivity index (χ2n) is 7.80. The van der Waals surface area contributed by atoms with Crippen molar-refractivity contribution in [1.29, 1.82) is 0 Å². The van der Waals surface area contributed by atoms with Gasteiger partial charge >= 0.3 is 5.97 Å². The van der Waals surface area contributed by atoms with E-state index >= 15 is 0 Å². The number of unbranched alkanes of at least 4 members (excludes halogenated alkanes) is 12. The first kappa shape index (κ1) is 21.5. The van der Waals surface area contributed by atoms with E-state index in [-0.39, 0.29) is 5.97 Å². The molecular formula is C22H42O2. The SMILES string of the molecule is CCCCCCCCCCCCOC(=O)CCCCCCC1CC1. The molecule has 0 aromatic rings. The van der Waals surface area contributed by atoms with Crippen molar-refractivity contribution < 1.29 is 9.53 Å². The van der Waals surface area contributed by atoms with Crippen molar-refractivity contribution in [1.82, 2.24) is 0 Å². The third-order valence-electron chi connectivity index (χ3n) is 5.20. The number of esters is 1. The topological polar surface area (TPSA) is 26.3 Å². The van der Waals surface area contributed by atoms with Crippen LogP contribution in [0.1, 0.15) is 122 Å². The van der Waals surface area contributed by atoms with Gasteiger partial charge in [0.2, 0.25) is 0 Å². The standard InChI is InChI=1S/C22H42O2/c1-2-3-4-5-6-7-8-9-12-15-20-24-22(23)17-14-11-10-13-16-21-18-19-21/h21H,2-20H2,1H3. The Labute approximate surface area is 151 Å². The number of ether oxygens (including phenoxy) is 1. The number of carbonyl (C=O) groups is 1. The quantitative estimate of drug-likeness (QED) is 0.195. The summed E-state index contributed by atoms with van der Waals surface area (Å²) in [4.78, 5) is 11.6. The molecule has 0 bridgehead atoms. The summed E-state index contributed by atoms with van der Waals surface area (Å²) in [5, 5.41) is 0. The monoisotopic (exact) mass is 338 g/mol. The summed E-state index contributed by atoms with van der Waals surface area (Å²) in [5.41, 5.74) is 0. The molecule has 0 spiro atoms. The van der Waals surface area contributed by atoms with E-state index in [1.165, 1.54) is 96.3 Å². The summed E-state index contributed by atoms with van der Waals surface area (Å²) in [6, 6.07) is 0. The van der Waals surface area contributed by atoms with Crippen LogP contribution in [0.2, 0.25) is 0 Å². The molecule has 2 heteroatoms. The van der Waals surface area contributed by atoms with Crippen LogP contribution in [0.4, 0.5) is 0 Å². The number of rotatable bonds is 18. The summed E-state index contributed by atoms with van der Waals surface area (Å²) in [6.07, 6.45) is 23.1. The van der Waals surface area contributed by atoms with Gasteiger partial charge in [-0.3, -0.25) is 4.79 Å². The van der Waals surface area contributed by atoms with Gasteiger partial charge in [0, 0.05) is 6.42 Å². The zero-order valence-corrected chi connectivity index (χ0v) is 16.3. The van der Waals surface area contributed by atoms with E-state index in [2.05, 4.69) is 6.92 Å². The van der Waals surface area contributed by atoms with Crippen LogP contribution in [0.25, 0.3) is 0 Å². The summed E-state index contributed by atoms with van der Waals surface area (Å²) < 4.78 is 5.33. The van der Waals surface area contributed by atoms with E-state index in [0.717, 1.165) is 18.8 Å². The Morgan fingerprint density at radius 2 is 1.29 bits per heavy atom. The van der Waals surface area contributed by atoms with Gasteiger partial charge in [0.25, 0.3) is 0 Å². The fourth-order valence-electron chi connectivity index (χ4n) is 3.31. The van der Waals surface area contributed by atoms with E-state index in [4.69, 9.17) is 4.74 Å². The van der Waals surface area contributed by atoms with E-state index < -0.39 is 0 Å². The average molecular weight is 339 g/mol. The van der Waals surface area contributed by atoms with Crippen LogP contribution in [0.15, 0.2) is 0 Å². The highest BCUT2D eigenvalue weighted by molar-refractivity contribution is 5.69. The third kappa shape index (κ3) is 15.0. The average Bonchev–Trinajstić information content (AvgIpc) is 3.40. The molecule has 0 radical (unpaired) electrons. The Morgan fingerprint density at radius 1 is 0.750 bits per heavy atom. The molecular weight excluding hydrogens is 296 g/mol. The largest absolute Gasteiger partial charge is 0.466 e. The summed E-state index contributed by atoms with van der Waals surface area (Å²) >= 11 is 0. The normalized spacial score (nSPS) is 14.0. The highest BCUT2D eigenvalue weighted by Gasteiger charge is 2.19. The molecule has 24 heavy (non-hydrogen) atoms. The summed E-state index contributed by atoms with van der Waals surface area (Å²) in [5.74, 6) is 1.07. The second kappa shape index (κ2) is 16.0. The maximum atomic E-state index is 11.6. The summed E-state index contributed by atoms with van der Waals surface area (Å²) in [7, 11) is 0. The fourth-order valence-corrected chi connectivity index (χ4v) is 3.31. The van der Waals surface area contributed by atoms with Crippen molar-refractivity contribution in [2.45, 2.75) is 122 Å². The Balaban J connectivity index is 1.69. The zero-order chi connectivity index (χ0) is 17.3. The number of hydrogen-bond acceptors (Lipinski definition) is 2. The predicted octanol–water partition coefficient (Wildman–Crippen LogP) is 7.20. The van der Waals surface area contributed by atoms with Crippen molar-refractivity contribution >= 4 is 5.97 Å². The van der Waals surface area contributed by atoms with Gasteiger partial charge in [0.15, 0.2) is 0 Å². The fraction of sp³-hybridized carbons (Fsp3) is 0.955. The number of carbonyl (C=O) groups excluding carboxylic acids is 1. The van der Waals surface area contributed by atoms with Crippen LogP contribution in [0.3, 0.4) is 0 Å². The maximum Gasteiger partial charge on any atom is 0.305 e. The lowest BCUT2D eigenvalue weighted by atomic mass is 10.1. The van der Waals surface area contributed by atoms with E-state index in [1.807, 2.05) is 0 Å². The predicted molar refractivity (Wildman–Crippen MR) is 103 cm³/mol. The molecule has 0 N–H and O–H groups in total. The van der Waals surface area contributed by atoms with Gasteiger partial charge in [-0.15, -0.1) is 0 Å². The van der Waals surface area contributed by atoms with Crippen molar-refractivity contribution in [2.75, 3.05) is 6.61 Å². The number of hydrogen-bond donors (Lipinski definition) is 0. The van der Waals surface area contributed by atoms with Crippen molar-refractivity contribution in [3.63, 3.8) is 0 Å². The second-order valence-corrected chi connectivity index (χ2v) is 7.80. The van der Waals surface area contributed by atoms with Gasteiger partial charge in [0.1, 0.15) is 0 Å². The third-order valence-corrected chi connectivity index (χ3v) is 5.20. The Morgan fingerprint density at radius 3 is 1.92 bits per heavy atom. The molecule has 0 aliphatic heterocycles. The lowest BCUT2D eigenvalue weighted by Gasteiger charge is -2.05. The molecule has 0 heterocycles. The molecule has 0 amide bonds. The van der Waals surface area contributed by atoms with Crippen molar-refractivity contribution in [3.05, 3.63) is 0 Å². The molecule has 1 fully saturated rings. The Kier molecular flexibility index (Phi) is 14.3. The lowest BCUT2D eigenvalue weighted by Crippen LogP contribution is -2.05. The van der Waals surface area contributed by atoms with Gasteiger partial charge in [-0.2, -0.15) is 0 Å². The minimum atomic E-state index is 0.0214.